The molecule has 0 amide bonds. The van der Waals surface area contributed by atoms with Gasteiger partial charge in [0.25, 0.3) is 0 Å². The molecule has 0 bridgehead atoms. The summed E-state index contributed by atoms with van der Waals surface area (Å²) in [6, 6.07) is 0. The van der Waals surface area contributed by atoms with E-state index < -0.39 is 149 Å². The molecule has 0 aliphatic carbocycles. The molecule has 4 saturated heterocycles. The van der Waals surface area contributed by atoms with Gasteiger partial charge in [0, 0.05) is 13.0 Å². The Bertz CT molecular complexity index is 915. The van der Waals surface area contributed by atoms with Crippen molar-refractivity contribution >= 4 is 0 Å². The Hall–Kier alpha value is -0.800. The summed E-state index contributed by atoms with van der Waals surface area (Å²) in [4.78, 5) is 0. The number of aliphatic hydroxyl groups is 12. The van der Waals surface area contributed by atoms with Crippen molar-refractivity contribution < 1.29 is 99.2 Å². The first-order valence-electron chi connectivity index (χ1n) is 14.8. The normalized spacial score (nSPS) is 50.9. The van der Waals surface area contributed by atoms with Gasteiger partial charge in [0.2, 0.25) is 0 Å². The maximum atomic E-state index is 11.3. The molecule has 4 rings (SSSR count). The number of hydrogen-bond acceptors (Lipinski definition) is 20. The Morgan fingerprint density at radius 1 is 0.468 bits per heavy atom. The number of rotatable bonds is 11. The first-order chi connectivity index (χ1) is 21.8. The minimum atomic E-state index is -1.94. The van der Waals surface area contributed by atoms with Crippen LogP contribution in [0.4, 0.5) is 0 Å². The molecule has 47 heavy (non-hydrogen) atoms. The van der Waals surface area contributed by atoms with E-state index in [-0.39, 0.29) is 7.43 Å². The minimum Gasteiger partial charge on any atom is -0.394 e. The third-order valence-electron chi connectivity index (χ3n) is 8.78. The van der Waals surface area contributed by atoms with Gasteiger partial charge >= 0.3 is 0 Å². The van der Waals surface area contributed by atoms with Crippen LogP contribution in [0, 0.1) is 5.92 Å². The maximum absolute atomic E-state index is 11.3. The fourth-order valence-corrected chi connectivity index (χ4v) is 5.81. The molecule has 0 radical (unpaired) electrons. The predicted molar refractivity (Wildman–Crippen MR) is 149 cm³/mol. The van der Waals surface area contributed by atoms with E-state index >= 15 is 0 Å². The van der Waals surface area contributed by atoms with Gasteiger partial charge in [-0.05, 0) is 0 Å². The Morgan fingerprint density at radius 2 is 0.894 bits per heavy atom. The lowest BCUT2D eigenvalue weighted by Crippen LogP contribution is -2.66. The van der Waals surface area contributed by atoms with Crippen molar-refractivity contribution in [3.8, 4) is 0 Å². The van der Waals surface area contributed by atoms with Crippen LogP contribution in [0.3, 0.4) is 0 Å². The van der Waals surface area contributed by atoms with Crippen LogP contribution in [0.25, 0.3) is 0 Å². The lowest BCUT2D eigenvalue weighted by Gasteiger charge is -2.48. The van der Waals surface area contributed by atoms with Gasteiger partial charge in [0.15, 0.2) is 25.2 Å². The first-order valence-corrected chi connectivity index (χ1v) is 14.8. The summed E-state index contributed by atoms with van der Waals surface area (Å²) in [6.07, 6.45) is -30.5. The Kier molecular flexibility index (Phi) is 15.1. The van der Waals surface area contributed by atoms with Gasteiger partial charge in [-0.25, -0.2) is 0 Å². The Labute approximate surface area is 270 Å². The molecule has 4 aliphatic rings. The number of aliphatic hydroxyl groups excluding tert-OH is 12. The molecule has 20 atom stereocenters. The molecule has 20 heteroatoms. The summed E-state index contributed by atoms with van der Waals surface area (Å²) < 4.78 is 43.9. The van der Waals surface area contributed by atoms with Gasteiger partial charge in [-0.3, -0.25) is 0 Å². The average Bonchev–Trinajstić information content (AvgIpc) is 3.05. The summed E-state index contributed by atoms with van der Waals surface area (Å²) in [5, 5.41) is 124. The molecule has 20 unspecified atom stereocenters. The zero-order valence-electron chi connectivity index (χ0n) is 25.0. The Balaban J connectivity index is 0.00000600. The summed E-state index contributed by atoms with van der Waals surface area (Å²) in [7, 11) is 1.18. The van der Waals surface area contributed by atoms with Crippen molar-refractivity contribution in [1.29, 1.82) is 0 Å². The van der Waals surface area contributed by atoms with Crippen molar-refractivity contribution in [3.05, 3.63) is 0 Å². The third kappa shape index (κ3) is 8.40. The van der Waals surface area contributed by atoms with Crippen LogP contribution in [0.2, 0.25) is 0 Å². The van der Waals surface area contributed by atoms with E-state index in [0.717, 1.165) is 0 Å². The molecule has 4 aliphatic heterocycles. The molecule has 0 aromatic heterocycles. The second kappa shape index (κ2) is 17.4. The predicted octanol–water partition coefficient (Wildman–Crippen LogP) is -7.18. The highest BCUT2D eigenvalue weighted by Gasteiger charge is 2.54. The molecular weight excluding hydrogens is 644 g/mol. The van der Waals surface area contributed by atoms with Gasteiger partial charge in [0.05, 0.1) is 32.5 Å². The molecule has 20 nitrogen and oxygen atoms in total. The van der Waals surface area contributed by atoms with E-state index in [1.807, 2.05) is 0 Å². The zero-order valence-corrected chi connectivity index (χ0v) is 25.0. The van der Waals surface area contributed by atoms with E-state index in [9.17, 15) is 61.3 Å². The highest BCUT2D eigenvalue weighted by Crippen LogP contribution is 2.34. The zero-order chi connectivity index (χ0) is 34.0. The average molecular weight is 695 g/mol. The van der Waals surface area contributed by atoms with E-state index in [0.29, 0.717) is 0 Å². The minimum absolute atomic E-state index is 0. The van der Waals surface area contributed by atoms with Crippen molar-refractivity contribution in [2.24, 2.45) is 5.92 Å². The molecule has 0 aromatic rings. The topological polar surface area (TPSA) is 317 Å². The quantitative estimate of drug-likeness (QED) is 0.0955. The second-order valence-electron chi connectivity index (χ2n) is 11.8. The van der Waals surface area contributed by atoms with E-state index in [4.69, 9.17) is 37.9 Å². The van der Waals surface area contributed by atoms with Gasteiger partial charge in [-0.15, -0.1) is 0 Å². The van der Waals surface area contributed by atoms with Gasteiger partial charge in [-0.2, -0.15) is 0 Å². The molecule has 12 N–H and O–H groups in total. The van der Waals surface area contributed by atoms with E-state index in [2.05, 4.69) is 0 Å². The fourth-order valence-electron chi connectivity index (χ4n) is 5.81. The molecule has 4 heterocycles. The number of methoxy groups -OCH3 is 1. The monoisotopic (exact) mass is 694 g/mol. The first kappa shape index (κ1) is 40.6. The lowest BCUT2D eigenvalue weighted by molar-refractivity contribution is -0.382. The van der Waals surface area contributed by atoms with Crippen LogP contribution >= 0.6 is 0 Å². The fraction of sp³-hybridized carbons (Fsp3) is 1.00. The highest BCUT2D eigenvalue weighted by atomic mass is 16.8. The van der Waals surface area contributed by atoms with E-state index in [1.165, 1.54) is 14.0 Å². The van der Waals surface area contributed by atoms with Crippen molar-refractivity contribution in [1.82, 2.24) is 0 Å². The summed E-state index contributed by atoms with van der Waals surface area (Å²) in [5.74, 6) is -0.892. The van der Waals surface area contributed by atoms with Crippen LogP contribution in [0.1, 0.15) is 14.4 Å². The van der Waals surface area contributed by atoms with Crippen molar-refractivity contribution in [3.63, 3.8) is 0 Å². The van der Waals surface area contributed by atoms with Crippen LogP contribution in [-0.2, 0) is 37.9 Å². The SMILES string of the molecule is C.COC1OC(CO)C(O)C(OC2OC(COC3OC(CO)C(O)C(O)C3O)C(O)C(OC3OC(CO)C(O)C(C)C3O)C2O)C1O. The number of ether oxygens (including phenoxy) is 8. The molecule has 0 saturated carbocycles. The van der Waals surface area contributed by atoms with Crippen molar-refractivity contribution in [2.75, 3.05) is 33.5 Å². The van der Waals surface area contributed by atoms with E-state index in [1.54, 1.807) is 0 Å². The molecular formula is C27H50O20. The lowest BCUT2D eigenvalue weighted by atomic mass is 9.90. The smallest absolute Gasteiger partial charge is 0.187 e. The van der Waals surface area contributed by atoms with Crippen molar-refractivity contribution in [2.45, 2.75) is 131 Å². The van der Waals surface area contributed by atoms with Gasteiger partial charge in [-0.1, -0.05) is 14.4 Å². The summed E-state index contributed by atoms with van der Waals surface area (Å²) in [6.45, 7) is -1.35. The largest absolute Gasteiger partial charge is 0.394 e. The third-order valence-corrected chi connectivity index (χ3v) is 8.78. The van der Waals surface area contributed by atoms with Crippen LogP contribution in [-0.4, -0.2) is 212 Å². The summed E-state index contributed by atoms with van der Waals surface area (Å²) in [5.41, 5.74) is 0. The van der Waals surface area contributed by atoms with Crippen LogP contribution in [0.15, 0.2) is 0 Å². The molecule has 0 spiro atoms. The summed E-state index contributed by atoms with van der Waals surface area (Å²) >= 11 is 0. The molecule has 278 valence electrons. The molecule has 4 fully saturated rings. The molecule has 0 aromatic carbocycles. The van der Waals surface area contributed by atoms with Crippen LogP contribution < -0.4 is 0 Å². The van der Waals surface area contributed by atoms with Crippen LogP contribution in [0.5, 0.6) is 0 Å². The van der Waals surface area contributed by atoms with Gasteiger partial charge in [0.1, 0.15) is 85.5 Å². The second-order valence-corrected chi connectivity index (χ2v) is 11.8. The Morgan fingerprint density at radius 3 is 1.45 bits per heavy atom. The van der Waals surface area contributed by atoms with Gasteiger partial charge < -0.3 is 99.2 Å². The highest BCUT2D eigenvalue weighted by molar-refractivity contribution is 4.97. The number of hydrogen-bond donors (Lipinski definition) is 12. The standard InChI is InChI=1S/C26H46O20.CH4/c1-7-12(30)8(3-27)43-25(13(7)31)45-22-16(34)11(6-40-24-18(36)17(35)14(32)9(4-28)42-24)44-26(20(22)38)46-21-15(33)10(5-29)41-23(39-2)19(21)37;/h7-38H,3-6H2,1-2H3;1H4. The maximum Gasteiger partial charge on any atom is 0.187 e.